The molecule has 1 aliphatic heterocycles. The molecule has 1 fully saturated rings. The van der Waals surface area contributed by atoms with Gasteiger partial charge in [-0.25, -0.2) is 4.79 Å². The topological polar surface area (TPSA) is 115 Å². The van der Waals surface area contributed by atoms with Crippen LogP contribution in [0.15, 0.2) is 34.7 Å². The fourth-order valence-corrected chi connectivity index (χ4v) is 3.06. The second kappa shape index (κ2) is 7.79. The first kappa shape index (κ1) is 19.5. The van der Waals surface area contributed by atoms with Crippen molar-refractivity contribution in [2.24, 2.45) is 0 Å². The van der Waals surface area contributed by atoms with Gasteiger partial charge in [0.15, 0.2) is 6.10 Å². The summed E-state index contributed by atoms with van der Waals surface area (Å²) in [5.74, 6) is -0.723. The molecule has 3 amide bonds. The number of urea groups is 1. The molecule has 28 heavy (non-hydrogen) atoms. The first-order chi connectivity index (χ1) is 13.4. The molecule has 0 saturated carbocycles. The van der Waals surface area contributed by atoms with Gasteiger partial charge in [0.05, 0.1) is 0 Å². The van der Waals surface area contributed by atoms with Crippen molar-refractivity contribution in [3.05, 3.63) is 36.2 Å². The lowest BCUT2D eigenvalue weighted by Crippen LogP contribution is -2.46. The Morgan fingerprint density at radius 2 is 1.89 bits per heavy atom. The van der Waals surface area contributed by atoms with Gasteiger partial charge < -0.3 is 14.5 Å². The quantitative estimate of drug-likeness (QED) is 0.574. The van der Waals surface area contributed by atoms with E-state index in [9.17, 15) is 14.4 Å². The van der Waals surface area contributed by atoms with Crippen LogP contribution in [0.5, 0.6) is 0 Å². The molecular weight excluding hydrogens is 364 g/mol. The fourth-order valence-electron chi connectivity index (χ4n) is 3.06. The van der Waals surface area contributed by atoms with E-state index in [1.807, 2.05) is 44.2 Å². The molecule has 3 rings (SSSR count). The molecule has 9 heteroatoms. The van der Waals surface area contributed by atoms with Gasteiger partial charge in [0.1, 0.15) is 12.1 Å². The Balaban J connectivity index is 1.63. The molecular formula is C19H22N4O5. The largest absolute Gasteiger partial charge is 0.451 e. The summed E-state index contributed by atoms with van der Waals surface area (Å²) >= 11 is 0. The zero-order valence-electron chi connectivity index (χ0n) is 16.0. The summed E-state index contributed by atoms with van der Waals surface area (Å²) in [5, 5.41) is 10.5. The van der Waals surface area contributed by atoms with Crippen molar-refractivity contribution < 1.29 is 23.5 Å². The summed E-state index contributed by atoms with van der Waals surface area (Å²) in [6.07, 6.45) is 0.0703. The zero-order valence-corrected chi connectivity index (χ0v) is 16.0. The monoisotopic (exact) mass is 386 g/mol. The number of carbonyl (C=O) groups is 3. The highest BCUT2D eigenvalue weighted by atomic mass is 16.6. The second-order valence-electron chi connectivity index (χ2n) is 6.55. The van der Waals surface area contributed by atoms with Gasteiger partial charge in [-0.3, -0.25) is 14.5 Å². The van der Waals surface area contributed by atoms with Crippen LogP contribution in [0.4, 0.5) is 4.79 Å². The number of rotatable bonds is 7. The van der Waals surface area contributed by atoms with Gasteiger partial charge in [0, 0.05) is 5.56 Å². The summed E-state index contributed by atoms with van der Waals surface area (Å²) in [5.41, 5.74) is -0.213. The predicted molar refractivity (Wildman–Crippen MR) is 97.8 cm³/mol. The fraction of sp³-hybridized carbons (Fsp3) is 0.421. The number of amides is 3. The van der Waals surface area contributed by atoms with Crippen LogP contribution < -0.4 is 5.32 Å². The third-order valence-electron chi connectivity index (χ3n) is 4.86. The van der Waals surface area contributed by atoms with Crippen molar-refractivity contribution in [1.82, 2.24) is 20.4 Å². The lowest BCUT2D eigenvalue weighted by Gasteiger charge is -2.23. The van der Waals surface area contributed by atoms with Crippen molar-refractivity contribution in [3.63, 3.8) is 0 Å². The SMILES string of the molecule is CCC1(CC)NC(=O)N(CC(=O)O[C@@H](C)c2nnc(-c3ccccc3)o2)C1=O. The van der Waals surface area contributed by atoms with Gasteiger partial charge >= 0.3 is 12.0 Å². The molecule has 1 atom stereocenters. The Labute approximate surface area is 162 Å². The van der Waals surface area contributed by atoms with E-state index in [1.165, 1.54) is 0 Å². The number of benzene rings is 1. The van der Waals surface area contributed by atoms with Crippen molar-refractivity contribution in [2.75, 3.05) is 6.54 Å². The minimum atomic E-state index is -0.958. The molecule has 148 valence electrons. The van der Waals surface area contributed by atoms with E-state index in [2.05, 4.69) is 15.5 Å². The van der Waals surface area contributed by atoms with Crippen molar-refractivity contribution in [2.45, 2.75) is 45.3 Å². The lowest BCUT2D eigenvalue weighted by molar-refractivity contribution is -0.152. The molecule has 0 bridgehead atoms. The van der Waals surface area contributed by atoms with Crippen LogP contribution in [0.3, 0.4) is 0 Å². The number of hydrogen-bond donors (Lipinski definition) is 1. The Morgan fingerprint density at radius 3 is 2.50 bits per heavy atom. The first-order valence-electron chi connectivity index (χ1n) is 9.12. The highest BCUT2D eigenvalue weighted by Crippen LogP contribution is 2.26. The number of esters is 1. The molecule has 0 aliphatic carbocycles. The number of carbonyl (C=O) groups excluding carboxylic acids is 3. The highest BCUT2D eigenvalue weighted by molar-refractivity contribution is 6.08. The van der Waals surface area contributed by atoms with Gasteiger partial charge in [0.2, 0.25) is 5.89 Å². The maximum Gasteiger partial charge on any atom is 0.327 e. The van der Waals surface area contributed by atoms with E-state index < -0.39 is 36.1 Å². The summed E-state index contributed by atoms with van der Waals surface area (Å²) in [6, 6.07) is 8.59. The third kappa shape index (κ3) is 3.60. The average molecular weight is 386 g/mol. The molecule has 2 aromatic rings. The Bertz CT molecular complexity index is 875. The Morgan fingerprint density at radius 1 is 1.21 bits per heavy atom. The molecule has 0 unspecified atom stereocenters. The summed E-state index contributed by atoms with van der Waals surface area (Å²) in [6.45, 7) is 4.72. The van der Waals surface area contributed by atoms with E-state index in [0.29, 0.717) is 18.7 Å². The van der Waals surface area contributed by atoms with Gasteiger partial charge in [-0.2, -0.15) is 0 Å². The molecule has 1 aliphatic rings. The number of imide groups is 1. The van der Waals surface area contributed by atoms with Crippen LogP contribution >= 0.6 is 0 Å². The van der Waals surface area contributed by atoms with Crippen LogP contribution in [-0.2, 0) is 14.3 Å². The maximum absolute atomic E-state index is 12.5. The summed E-state index contributed by atoms with van der Waals surface area (Å²) in [4.78, 5) is 37.8. The molecule has 0 spiro atoms. The minimum absolute atomic E-state index is 0.126. The molecule has 9 nitrogen and oxygen atoms in total. The smallest absolute Gasteiger partial charge is 0.327 e. The van der Waals surface area contributed by atoms with Crippen molar-refractivity contribution >= 4 is 17.9 Å². The number of hydrogen-bond acceptors (Lipinski definition) is 7. The van der Waals surface area contributed by atoms with Crippen LogP contribution in [0.2, 0.25) is 0 Å². The number of ether oxygens (including phenoxy) is 1. The predicted octanol–water partition coefficient (Wildman–Crippen LogP) is 2.45. The number of nitrogens with zero attached hydrogens (tertiary/aromatic N) is 3. The molecule has 1 N–H and O–H groups in total. The third-order valence-corrected chi connectivity index (χ3v) is 4.86. The van der Waals surface area contributed by atoms with Crippen LogP contribution in [0, 0.1) is 0 Å². The van der Waals surface area contributed by atoms with Gasteiger partial charge in [-0.05, 0) is 31.9 Å². The van der Waals surface area contributed by atoms with E-state index in [4.69, 9.17) is 9.15 Å². The molecule has 1 saturated heterocycles. The molecule has 1 aromatic carbocycles. The normalized spacial score (nSPS) is 16.8. The second-order valence-corrected chi connectivity index (χ2v) is 6.55. The van der Waals surface area contributed by atoms with Crippen molar-refractivity contribution in [3.8, 4) is 11.5 Å². The van der Waals surface area contributed by atoms with Crippen LogP contribution in [-0.4, -0.2) is 45.1 Å². The number of aromatic nitrogens is 2. The van der Waals surface area contributed by atoms with Crippen LogP contribution in [0.1, 0.15) is 45.6 Å². The van der Waals surface area contributed by atoms with Gasteiger partial charge in [-0.15, -0.1) is 10.2 Å². The maximum atomic E-state index is 12.5. The van der Waals surface area contributed by atoms with Gasteiger partial charge in [-0.1, -0.05) is 32.0 Å². The lowest BCUT2D eigenvalue weighted by atomic mass is 9.93. The first-order valence-corrected chi connectivity index (χ1v) is 9.12. The Hall–Kier alpha value is -3.23. The van der Waals surface area contributed by atoms with Crippen LogP contribution in [0.25, 0.3) is 11.5 Å². The van der Waals surface area contributed by atoms with Crippen molar-refractivity contribution in [1.29, 1.82) is 0 Å². The zero-order chi connectivity index (χ0) is 20.3. The van der Waals surface area contributed by atoms with E-state index in [-0.39, 0.29) is 5.89 Å². The van der Waals surface area contributed by atoms with Gasteiger partial charge in [0.25, 0.3) is 11.8 Å². The minimum Gasteiger partial charge on any atom is -0.451 e. The molecule has 2 heterocycles. The number of nitrogens with one attached hydrogen (secondary N) is 1. The summed E-state index contributed by atoms with van der Waals surface area (Å²) in [7, 11) is 0. The highest BCUT2D eigenvalue weighted by Gasteiger charge is 2.49. The average Bonchev–Trinajstić information content (AvgIpc) is 3.28. The van der Waals surface area contributed by atoms with E-state index in [0.717, 1.165) is 10.5 Å². The van der Waals surface area contributed by atoms with E-state index >= 15 is 0 Å². The standard InChI is InChI=1S/C19H22N4O5/c1-4-19(5-2)17(25)23(18(26)20-19)11-14(24)27-12(3)15-21-22-16(28-15)13-9-7-6-8-10-13/h6-10,12H,4-5,11H2,1-3H3,(H,20,26)/t12-/m0/s1. The van der Waals surface area contributed by atoms with E-state index in [1.54, 1.807) is 6.92 Å². The Kier molecular flexibility index (Phi) is 5.43. The molecule has 0 radical (unpaired) electrons. The summed E-state index contributed by atoms with van der Waals surface area (Å²) < 4.78 is 10.8. The molecule has 1 aromatic heterocycles.